The Morgan fingerprint density at radius 2 is 1.83 bits per heavy atom. The summed E-state index contributed by atoms with van der Waals surface area (Å²) in [5.74, 6) is -1.47. The van der Waals surface area contributed by atoms with Crippen molar-refractivity contribution in [3.63, 3.8) is 0 Å². The van der Waals surface area contributed by atoms with Crippen LogP contribution in [0.1, 0.15) is 25.7 Å². The number of alkyl halides is 2. The Balaban J connectivity index is 2.43. The first kappa shape index (κ1) is 31.0. The lowest BCUT2D eigenvalue weighted by molar-refractivity contribution is -0.145. The quantitative estimate of drug-likeness (QED) is 0.0643. The molecular formula is C19H32Cl2N5O8P. The zero-order chi connectivity index (χ0) is 26.1. The van der Waals surface area contributed by atoms with Crippen LogP contribution < -0.4 is 15.2 Å². The molecule has 13 nitrogen and oxygen atoms in total. The van der Waals surface area contributed by atoms with Crippen LogP contribution in [0.2, 0.25) is 0 Å². The zero-order valence-corrected chi connectivity index (χ0v) is 21.8. The van der Waals surface area contributed by atoms with Crippen molar-refractivity contribution in [1.82, 2.24) is 19.8 Å². The van der Waals surface area contributed by atoms with E-state index in [2.05, 4.69) is 20.4 Å². The Morgan fingerprint density at radius 1 is 1.17 bits per heavy atom. The van der Waals surface area contributed by atoms with Gasteiger partial charge in [0, 0.05) is 75.5 Å². The number of hydrogen-bond acceptors (Lipinski definition) is 9. The fraction of sp³-hybridized carbons (Fsp3) is 0.632. The summed E-state index contributed by atoms with van der Waals surface area (Å²) in [6.07, 6.45) is 1.97. The maximum Gasteiger partial charge on any atom is 0.343 e. The summed E-state index contributed by atoms with van der Waals surface area (Å²) in [7, 11) is -2.08. The first-order valence-corrected chi connectivity index (χ1v) is 13.4. The maximum atomic E-state index is 13.4. The molecule has 1 aromatic heterocycles. The normalized spacial score (nSPS) is 13.1. The van der Waals surface area contributed by atoms with Crippen LogP contribution in [-0.2, 0) is 23.5 Å². The summed E-state index contributed by atoms with van der Waals surface area (Å²) >= 11 is 11.7. The summed E-state index contributed by atoms with van der Waals surface area (Å²) in [5, 5.41) is 28.0. The van der Waals surface area contributed by atoms with Crippen LogP contribution >= 0.6 is 30.9 Å². The molecule has 1 aromatic rings. The Morgan fingerprint density at radius 3 is 2.43 bits per heavy atom. The Bertz CT molecular complexity index is 832. The number of halogens is 2. The van der Waals surface area contributed by atoms with E-state index in [1.54, 1.807) is 0 Å². The lowest BCUT2D eigenvalue weighted by Crippen LogP contribution is -2.37. The van der Waals surface area contributed by atoms with E-state index < -0.39 is 25.4 Å². The smallest absolute Gasteiger partial charge is 0.343 e. The molecule has 0 saturated heterocycles. The number of nitrogens with one attached hydrogen (secondary N) is 2. The minimum Gasteiger partial charge on any atom is -0.492 e. The highest BCUT2D eigenvalue weighted by Gasteiger charge is 2.30. The fourth-order valence-electron chi connectivity index (χ4n) is 2.68. The number of aromatic nitrogens is 1. The van der Waals surface area contributed by atoms with Crippen molar-refractivity contribution in [3.8, 4) is 11.8 Å². The summed E-state index contributed by atoms with van der Waals surface area (Å²) < 4.78 is 21.1. The van der Waals surface area contributed by atoms with Crippen molar-refractivity contribution in [2.45, 2.75) is 25.7 Å². The molecule has 1 rings (SSSR count). The van der Waals surface area contributed by atoms with E-state index in [1.165, 1.54) is 18.0 Å². The van der Waals surface area contributed by atoms with E-state index >= 15 is 0 Å². The number of amides is 1. The van der Waals surface area contributed by atoms with Gasteiger partial charge in [-0.2, -0.15) is 0 Å². The van der Waals surface area contributed by atoms with Crippen molar-refractivity contribution >= 4 is 49.0 Å². The third-order valence-corrected chi connectivity index (χ3v) is 6.92. The molecule has 1 amide bonds. The van der Waals surface area contributed by atoms with Crippen LogP contribution in [-0.4, -0.2) is 89.4 Å². The molecule has 0 aliphatic carbocycles. The first-order chi connectivity index (χ1) is 16.8. The molecule has 0 bridgehead atoms. The van der Waals surface area contributed by atoms with Gasteiger partial charge in [-0.15, -0.1) is 27.9 Å². The molecule has 1 atom stereocenters. The molecule has 16 heteroatoms. The van der Waals surface area contributed by atoms with E-state index in [9.17, 15) is 24.4 Å². The van der Waals surface area contributed by atoms with Gasteiger partial charge < -0.3 is 29.7 Å². The Labute approximate surface area is 213 Å². The number of nitrogens with zero attached hydrogens (tertiary/aromatic N) is 3. The third kappa shape index (κ3) is 12.0. The molecule has 0 radical (unpaired) electrons. The second kappa shape index (κ2) is 17.4. The number of carbonyl (C=O) groups is 2. The Kier molecular flexibility index (Phi) is 15.4. The second-order valence-electron chi connectivity index (χ2n) is 6.86. The van der Waals surface area contributed by atoms with Crippen molar-refractivity contribution in [2.75, 3.05) is 51.7 Å². The molecule has 35 heavy (non-hydrogen) atoms. The monoisotopic (exact) mass is 559 g/mol. The molecule has 0 saturated carbocycles. The van der Waals surface area contributed by atoms with Crippen molar-refractivity contribution in [3.05, 3.63) is 12.1 Å². The van der Waals surface area contributed by atoms with Gasteiger partial charge in [0.25, 0.3) is 0 Å². The van der Waals surface area contributed by atoms with Gasteiger partial charge in [-0.3, -0.25) is 9.36 Å². The SMILES string of the molecule is CON=CCCOP(=O)(NCCNC(=O)CCCC(=O)On1c(O)ccc1O)N(CCCl)CCCl. The van der Waals surface area contributed by atoms with Crippen LogP contribution in [0.25, 0.3) is 0 Å². The predicted octanol–water partition coefficient (Wildman–Crippen LogP) is 1.66. The van der Waals surface area contributed by atoms with Gasteiger partial charge in [-0.1, -0.05) is 5.16 Å². The maximum absolute atomic E-state index is 13.4. The van der Waals surface area contributed by atoms with Crippen LogP contribution in [0.15, 0.2) is 17.3 Å². The van der Waals surface area contributed by atoms with E-state index in [0.29, 0.717) is 11.2 Å². The van der Waals surface area contributed by atoms with Gasteiger partial charge in [0.2, 0.25) is 17.7 Å². The minimum atomic E-state index is -3.49. The molecule has 1 unspecified atom stereocenters. The van der Waals surface area contributed by atoms with Gasteiger partial charge in [0.1, 0.15) is 7.11 Å². The summed E-state index contributed by atoms with van der Waals surface area (Å²) in [4.78, 5) is 33.2. The topological polar surface area (TPSA) is 164 Å². The fourth-order valence-corrected chi connectivity index (χ4v) is 5.25. The standard InChI is InChI=1S/C19H32Cl2N5O8P/c1-32-23-10-3-15-33-35(31,25(13-8-20)14-9-21)24-12-11-22-16(27)4-2-5-19(30)34-26-17(28)6-7-18(26)29/h6-7,10,28-29H,2-5,8-9,11-15H2,1H3,(H,22,27)(H,24,31). The second-order valence-corrected chi connectivity index (χ2v) is 9.80. The first-order valence-electron chi connectivity index (χ1n) is 10.8. The zero-order valence-electron chi connectivity index (χ0n) is 19.4. The van der Waals surface area contributed by atoms with Gasteiger partial charge in [-0.05, 0) is 6.42 Å². The predicted molar refractivity (Wildman–Crippen MR) is 131 cm³/mol. The van der Waals surface area contributed by atoms with Crippen LogP contribution in [0, 0.1) is 0 Å². The molecule has 0 fully saturated rings. The van der Waals surface area contributed by atoms with E-state index in [0.717, 1.165) is 12.1 Å². The highest BCUT2D eigenvalue weighted by molar-refractivity contribution is 7.54. The van der Waals surface area contributed by atoms with Crippen molar-refractivity contribution in [1.29, 1.82) is 0 Å². The molecule has 0 aliphatic heterocycles. The van der Waals surface area contributed by atoms with Gasteiger partial charge in [-0.25, -0.2) is 14.6 Å². The molecule has 0 aliphatic rings. The number of carbonyl (C=O) groups excluding carboxylic acids is 2. The van der Waals surface area contributed by atoms with E-state index in [-0.39, 0.29) is 69.7 Å². The average molecular weight is 560 g/mol. The van der Waals surface area contributed by atoms with Crippen molar-refractivity contribution < 1.29 is 38.6 Å². The van der Waals surface area contributed by atoms with Gasteiger partial charge in [0.05, 0.1) is 6.61 Å². The number of aromatic hydroxyl groups is 2. The summed E-state index contributed by atoms with van der Waals surface area (Å²) in [5.41, 5.74) is 0. The van der Waals surface area contributed by atoms with E-state index in [4.69, 9.17) is 32.6 Å². The van der Waals surface area contributed by atoms with Crippen LogP contribution in [0.5, 0.6) is 11.8 Å². The molecule has 4 N–H and O–H groups in total. The minimum absolute atomic E-state index is 0.0381. The highest BCUT2D eigenvalue weighted by Crippen LogP contribution is 2.46. The van der Waals surface area contributed by atoms with Crippen LogP contribution in [0.3, 0.4) is 0 Å². The number of hydrogen-bond donors (Lipinski definition) is 4. The number of rotatable bonds is 19. The third-order valence-electron chi connectivity index (χ3n) is 4.29. The van der Waals surface area contributed by atoms with Crippen molar-refractivity contribution in [2.24, 2.45) is 5.16 Å². The average Bonchev–Trinajstić information content (AvgIpc) is 3.13. The van der Waals surface area contributed by atoms with Crippen LogP contribution in [0.4, 0.5) is 0 Å². The lowest BCUT2D eigenvalue weighted by Gasteiger charge is -2.30. The summed E-state index contributed by atoms with van der Waals surface area (Å²) in [6.45, 7) is 0.976. The number of oxime groups is 1. The largest absolute Gasteiger partial charge is 0.492 e. The van der Waals surface area contributed by atoms with Gasteiger partial charge in [0.15, 0.2) is 0 Å². The van der Waals surface area contributed by atoms with Gasteiger partial charge >= 0.3 is 13.6 Å². The Hall–Kier alpha value is -2.02. The molecule has 0 spiro atoms. The van der Waals surface area contributed by atoms with E-state index in [1.807, 2.05) is 0 Å². The molecule has 1 heterocycles. The lowest BCUT2D eigenvalue weighted by atomic mass is 10.2. The molecular weight excluding hydrogens is 528 g/mol. The molecule has 200 valence electrons. The highest BCUT2D eigenvalue weighted by atomic mass is 35.5. The summed E-state index contributed by atoms with van der Waals surface area (Å²) in [6, 6.07) is 2.32. The molecule has 0 aromatic carbocycles.